The highest BCUT2D eigenvalue weighted by atomic mass is 32.1. The van der Waals surface area contributed by atoms with E-state index in [2.05, 4.69) is 0 Å². The Balaban J connectivity index is 1.69. The van der Waals surface area contributed by atoms with Gasteiger partial charge in [-0.1, -0.05) is 30.3 Å². The number of carbonyl (C=O) groups excluding carboxylic acids is 3. The van der Waals surface area contributed by atoms with Crippen molar-refractivity contribution < 1.29 is 29.3 Å². The van der Waals surface area contributed by atoms with Gasteiger partial charge in [-0.3, -0.25) is 9.59 Å². The maximum absolute atomic E-state index is 13.2. The van der Waals surface area contributed by atoms with Crippen molar-refractivity contribution >= 4 is 29.0 Å². The Labute approximate surface area is 194 Å². The van der Waals surface area contributed by atoms with E-state index in [9.17, 15) is 24.6 Å². The fraction of sp³-hybridized carbons (Fsp3) is 0.160. The number of thiophene rings is 1. The highest BCUT2D eigenvalue weighted by Gasteiger charge is 2.44. The summed E-state index contributed by atoms with van der Waals surface area (Å²) in [6.07, 6.45) is 0. The molecule has 0 saturated heterocycles. The van der Waals surface area contributed by atoms with E-state index < -0.39 is 29.5 Å². The first kappa shape index (κ1) is 22.3. The van der Waals surface area contributed by atoms with Crippen molar-refractivity contribution in [1.29, 1.82) is 0 Å². The summed E-state index contributed by atoms with van der Waals surface area (Å²) >= 11 is 1.23. The van der Waals surface area contributed by atoms with Gasteiger partial charge in [0, 0.05) is 6.54 Å². The average molecular weight is 464 g/mol. The first-order valence-electron chi connectivity index (χ1n) is 10.3. The third-order valence-corrected chi connectivity index (χ3v) is 6.19. The number of phenols is 1. The maximum atomic E-state index is 13.2. The summed E-state index contributed by atoms with van der Waals surface area (Å²) in [4.78, 5) is 40.0. The van der Waals surface area contributed by atoms with Gasteiger partial charge in [-0.05, 0) is 53.8 Å². The molecule has 1 aliphatic heterocycles. The molecule has 168 valence electrons. The summed E-state index contributed by atoms with van der Waals surface area (Å²) in [5.41, 5.74) is 1.67. The minimum Gasteiger partial charge on any atom is -0.508 e. The summed E-state index contributed by atoms with van der Waals surface area (Å²) in [7, 11) is 0. The SMILES string of the molecule is CCOC(=O)c1ccc(CN2C(=O)C(O)=C(C(=O)c3cccs3)C2c2ccc(O)cc2)cc1. The van der Waals surface area contributed by atoms with E-state index in [4.69, 9.17) is 4.74 Å². The molecule has 2 N–H and O–H groups in total. The molecule has 0 radical (unpaired) electrons. The van der Waals surface area contributed by atoms with Crippen LogP contribution in [0.5, 0.6) is 5.75 Å². The molecule has 1 aliphatic rings. The topological polar surface area (TPSA) is 104 Å². The van der Waals surface area contributed by atoms with Gasteiger partial charge in [-0.2, -0.15) is 0 Å². The van der Waals surface area contributed by atoms with E-state index in [1.54, 1.807) is 60.8 Å². The van der Waals surface area contributed by atoms with Crippen molar-refractivity contribution in [3.8, 4) is 5.75 Å². The molecule has 4 rings (SSSR count). The van der Waals surface area contributed by atoms with E-state index in [0.717, 1.165) is 0 Å². The summed E-state index contributed by atoms with van der Waals surface area (Å²) in [6.45, 7) is 2.09. The van der Waals surface area contributed by atoms with Crippen LogP contribution in [0.3, 0.4) is 0 Å². The molecule has 1 aromatic heterocycles. The monoisotopic (exact) mass is 463 g/mol. The molecule has 1 unspecified atom stereocenters. The second kappa shape index (κ2) is 9.30. The molecule has 0 aliphatic carbocycles. The van der Waals surface area contributed by atoms with Crippen LogP contribution in [0.4, 0.5) is 0 Å². The number of rotatable bonds is 7. The number of aliphatic hydroxyl groups is 1. The van der Waals surface area contributed by atoms with E-state index >= 15 is 0 Å². The van der Waals surface area contributed by atoms with Gasteiger partial charge in [0.2, 0.25) is 5.78 Å². The normalized spacial score (nSPS) is 15.7. The summed E-state index contributed by atoms with van der Waals surface area (Å²) in [5, 5.41) is 22.1. The van der Waals surface area contributed by atoms with Crippen molar-refractivity contribution in [2.45, 2.75) is 19.5 Å². The van der Waals surface area contributed by atoms with Gasteiger partial charge < -0.3 is 19.8 Å². The van der Waals surface area contributed by atoms with Gasteiger partial charge in [0.15, 0.2) is 5.76 Å². The molecule has 2 aromatic carbocycles. The van der Waals surface area contributed by atoms with E-state index in [0.29, 0.717) is 21.6 Å². The Morgan fingerprint density at radius 3 is 2.33 bits per heavy atom. The molecular formula is C25H21NO6S. The number of hydrogen-bond acceptors (Lipinski definition) is 7. The molecule has 33 heavy (non-hydrogen) atoms. The number of nitrogens with zero attached hydrogens (tertiary/aromatic N) is 1. The predicted octanol–water partition coefficient (Wildman–Crippen LogP) is 4.41. The number of carbonyl (C=O) groups is 3. The van der Waals surface area contributed by atoms with Crippen LogP contribution in [-0.2, 0) is 16.1 Å². The lowest BCUT2D eigenvalue weighted by Crippen LogP contribution is -2.30. The van der Waals surface area contributed by atoms with Crippen molar-refractivity contribution in [3.63, 3.8) is 0 Å². The van der Waals surface area contributed by atoms with Gasteiger partial charge >= 0.3 is 5.97 Å². The average Bonchev–Trinajstić information content (AvgIpc) is 3.43. The van der Waals surface area contributed by atoms with Crippen LogP contribution in [0.15, 0.2) is 77.4 Å². The zero-order valence-corrected chi connectivity index (χ0v) is 18.5. The van der Waals surface area contributed by atoms with Crippen molar-refractivity contribution in [3.05, 3.63) is 98.9 Å². The molecule has 1 atom stereocenters. The highest BCUT2D eigenvalue weighted by molar-refractivity contribution is 7.12. The van der Waals surface area contributed by atoms with E-state index in [-0.39, 0.29) is 24.5 Å². The summed E-state index contributed by atoms with van der Waals surface area (Å²) in [5.74, 6) is -2.07. The Morgan fingerprint density at radius 2 is 1.73 bits per heavy atom. The third kappa shape index (κ3) is 4.38. The number of hydrogen-bond donors (Lipinski definition) is 2. The number of ketones is 1. The molecule has 7 nitrogen and oxygen atoms in total. The van der Waals surface area contributed by atoms with E-state index in [1.165, 1.54) is 28.4 Å². The number of Topliss-reactive ketones (excluding diaryl/α,β-unsaturated/α-hetero) is 1. The van der Waals surface area contributed by atoms with Crippen LogP contribution in [-0.4, -0.2) is 39.4 Å². The predicted molar refractivity (Wildman–Crippen MR) is 122 cm³/mol. The third-order valence-electron chi connectivity index (χ3n) is 5.32. The van der Waals surface area contributed by atoms with Crippen LogP contribution >= 0.6 is 11.3 Å². The Hall–Kier alpha value is -3.91. The summed E-state index contributed by atoms with van der Waals surface area (Å²) < 4.78 is 4.99. The van der Waals surface area contributed by atoms with Gasteiger partial charge in [0.05, 0.1) is 28.7 Å². The fourth-order valence-electron chi connectivity index (χ4n) is 3.75. The lowest BCUT2D eigenvalue weighted by atomic mass is 9.95. The molecule has 0 saturated carbocycles. The van der Waals surface area contributed by atoms with Crippen molar-refractivity contribution in [2.75, 3.05) is 6.61 Å². The van der Waals surface area contributed by atoms with Crippen molar-refractivity contribution in [1.82, 2.24) is 4.90 Å². The zero-order valence-electron chi connectivity index (χ0n) is 17.7. The number of aromatic hydroxyl groups is 1. The lowest BCUT2D eigenvalue weighted by molar-refractivity contribution is -0.130. The zero-order chi connectivity index (χ0) is 23.5. The largest absolute Gasteiger partial charge is 0.508 e. The highest BCUT2D eigenvalue weighted by Crippen LogP contribution is 2.40. The number of ether oxygens (including phenoxy) is 1. The Kier molecular flexibility index (Phi) is 6.28. The summed E-state index contributed by atoms with van der Waals surface area (Å²) in [6, 6.07) is 15.3. The molecule has 3 aromatic rings. The van der Waals surface area contributed by atoms with Crippen LogP contribution in [0.1, 0.15) is 44.1 Å². The molecule has 8 heteroatoms. The Morgan fingerprint density at radius 1 is 1.03 bits per heavy atom. The molecular weight excluding hydrogens is 442 g/mol. The number of esters is 1. The number of amides is 1. The van der Waals surface area contributed by atoms with Crippen molar-refractivity contribution in [2.24, 2.45) is 0 Å². The molecule has 2 heterocycles. The van der Waals surface area contributed by atoms with Crippen LogP contribution in [0, 0.1) is 0 Å². The molecule has 0 spiro atoms. The van der Waals surface area contributed by atoms with Crippen LogP contribution in [0.2, 0.25) is 0 Å². The first-order chi connectivity index (χ1) is 15.9. The minimum atomic E-state index is -0.836. The smallest absolute Gasteiger partial charge is 0.338 e. The second-order valence-corrected chi connectivity index (χ2v) is 8.36. The van der Waals surface area contributed by atoms with Crippen LogP contribution < -0.4 is 0 Å². The minimum absolute atomic E-state index is 0.00344. The first-order valence-corrected chi connectivity index (χ1v) is 11.2. The number of aliphatic hydroxyl groups excluding tert-OH is 1. The van der Waals surface area contributed by atoms with Gasteiger partial charge in [-0.25, -0.2) is 4.79 Å². The van der Waals surface area contributed by atoms with Gasteiger partial charge in [-0.15, -0.1) is 11.3 Å². The number of benzene rings is 2. The maximum Gasteiger partial charge on any atom is 0.338 e. The van der Waals surface area contributed by atoms with Gasteiger partial charge in [0.25, 0.3) is 5.91 Å². The quantitative estimate of drug-likeness (QED) is 0.397. The number of phenolic OH excluding ortho intramolecular Hbond substituents is 1. The van der Waals surface area contributed by atoms with E-state index in [1.807, 2.05) is 0 Å². The Bertz CT molecular complexity index is 1210. The standard InChI is InChI=1S/C25H21NO6S/c1-2-32-25(31)17-7-5-15(6-8-17)14-26-21(16-9-11-18(27)12-10-16)20(23(29)24(26)30)22(28)19-4-3-13-33-19/h3-13,21,27,29H,2,14H2,1H3. The molecule has 0 fully saturated rings. The fourth-order valence-corrected chi connectivity index (χ4v) is 4.43. The second-order valence-electron chi connectivity index (χ2n) is 7.41. The van der Waals surface area contributed by atoms with Crippen LogP contribution in [0.25, 0.3) is 0 Å². The lowest BCUT2D eigenvalue weighted by Gasteiger charge is -2.27. The van der Waals surface area contributed by atoms with Gasteiger partial charge in [0.1, 0.15) is 5.75 Å². The molecule has 1 amide bonds. The molecule has 0 bridgehead atoms.